The number of allylic oxidation sites excluding steroid dienone is 4. The Hall–Kier alpha value is -1.39. The van der Waals surface area contributed by atoms with Crippen LogP contribution in [0.3, 0.4) is 0 Å². The van der Waals surface area contributed by atoms with Gasteiger partial charge in [-0.25, -0.2) is 12.2 Å². The average molecular weight is 321 g/mol. The summed E-state index contributed by atoms with van der Waals surface area (Å²) >= 11 is 0. The number of hydrogen-bond acceptors (Lipinski definition) is 3. The number of hydrogen-bond donors (Lipinski definition) is 3. The molecular weight excluding hydrogens is 300 g/mol. The molecule has 4 heteroatoms. The molecule has 1 aliphatic rings. The van der Waals surface area contributed by atoms with E-state index in [0.717, 1.165) is 31.4 Å². The molecule has 0 amide bonds. The molecule has 2 aromatic rings. The predicted molar refractivity (Wildman–Crippen MR) is 83.5 cm³/mol. The van der Waals surface area contributed by atoms with Gasteiger partial charge in [-0.2, -0.15) is 6.08 Å². The second-order valence-electron chi connectivity index (χ2n) is 3.51. The van der Waals surface area contributed by atoms with Gasteiger partial charge in [-0.15, -0.1) is 6.42 Å². The van der Waals surface area contributed by atoms with E-state index in [-0.39, 0.29) is 21.7 Å². The molecule has 0 radical (unpaired) electrons. The molecule has 2 aromatic carbocycles. The van der Waals surface area contributed by atoms with Crippen LogP contribution in [-0.2, 0) is 21.7 Å². The molecule has 0 bridgehead atoms. The van der Waals surface area contributed by atoms with Crippen LogP contribution in [-0.4, -0.2) is 29.5 Å². The molecule has 3 rings (SSSR count). The molecule has 3 nitrogen and oxygen atoms in total. The van der Waals surface area contributed by atoms with Crippen LogP contribution in [0, 0.1) is 6.08 Å². The first-order valence-corrected chi connectivity index (χ1v) is 6.17. The number of benzene rings is 2. The molecule has 1 aliphatic carbocycles. The van der Waals surface area contributed by atoms with Gasteiger partial charge in [0.1, 0.15) is 5.75 Å². The fourth-order valence-electron chi connectivity index (χ4n) is 1.55. The minimum Gasteiger partial charge on any atom is -0.507 e. The van der Waals surface area contributed by atoms with Gasteiger partial charge in [0.25, 0.3) is 0 Å². The van der Waals surface area contributed by atoms with Crippen molar-refractivity contribution in [3.63, 3.8) is 0 Å². The van der Waals surface area contributed by atoms with Gasteiger partial charge in [-0.1, -0.05) is 36.4 Å². The average Bonchev–Trinajstić information content (AvgIpc) is 3.12. The van der Waals surface area contributed by atoms with Gasteiger partial charge in [0.2, 0.25) is 0 Å². The summed E-state index contributed by atoms with van der Waals surface area (Å²) in [7, 11) is 2.00. The zero-order chi connectivity index (χ0) is 15.2. The van der Waals surface area contributed by atoms with Crippen molar-refractivity contribution >= 4 is 10.8 Å². The van der Waals surface area contributed by atoms with Crippen LogP contribution >= 0.6 is 0 Å². The van der Waals surface area contributed by atoms with Crippen molar-refractivity contribution in [2.75, 3.05) is 14.2 Å². The van der Waals surface area contributed by atoms with Gasteiger partial charge in [-0.05, 0) is 11.5 Å². The van der Waals surface area contributed by atoms with Gasteiger partial charge in [-0.3, -0.25) is 6.08 Å². The van der Waals surface area contributed by atoms with Gasteiger partial charge in [0, 0.05) is 41.3 Å². The van der Waals surface area contributed by atoms with E-state index in [1.165, 1.54) is 0 Å². The van der Waals surface area contributed by atoms with Crippen LogP contribution < -0.4 is 0 Å². The molecule has 0 aromatic heterocycles. The number of fused-ring (bicyclic) bond motifs is 1. The Balaban J connectivity index is 0. The molecule has 0 atom stereocenters. The quantitative estimate of drug-likeness (QED) is 0.516. The van der Waals surface area contributed by atoms with Crippen LogP contribution in [0.2, 0.25) is 0 Å². The van der Waals surface area contributed by atoms with Gasteiger partial charge >= 0.3 is 0 Å². The zero-order valence-electron chi connectivity index (χ0n) is 12.3. The van der Waals surface area contributed by atoms with Crippen molar-refractivity contribution in [3.8, 4) is 5.75 Å². The van der Waals surface area contributed by atoms with E-state index >= 15 is 0 Å². The van der Waals surface area contributed by atoms with Gasteiger partial charge in [0.15, 0.2) is 0 Å². The van der Waals surface area contributed by atoms with E-state index in [0.29, 0.717) is 5.75 Å². The summed E-state index contributed by atoms with van der Waals surface area (Å²) in [5.74, 6) is 0.350. The number of phenolic OH excluding ortho intramolecular Hbond substituents is 1. The third-order valence-electron chi connectivity index (χ3n) is 2.35. The number of aromatic hydroxyl groups is 1. The molecule has 0 spiro atoms. The van der Waals surface area contributed by atoms with Crippen LogP contribution in [0.4, 0.5) is 0 Å². The normalized spacial score (nSPS) is 10.1. The number of aliphatic hydroxyl groups is 2. The van der Waals surface area contributed by atoms with E-state index in [1.54, 1.807) is 6.07 Å². The summed E-state index contributed by atoms with van der Waals surface area (Å²) in [6.45, 7) is 0. The van der Waals surface area contributed by atoms with E-state index < -0.39 is 0 Å². The number of aliphatic hydroxyl groups excluding tert-OH is 2. The molecule has 112 valence electrons. The van der Waals surface area contributed by atoms with Crippen molar-refractivity contribution in [1.82, 2.24) is 0 Å². The molecule has 0 heterocycles. The van der Waals surface area contributed by atoms with Crippen molar-refractivity contribution < 1.29 is 37.0 Å². The summed E-state index contributed by atoms with van der Waals surface area (Å²) in [5, 5.41) is 25.4. The number of phenols is 1. The molecule has 3 N–H and O–H groups in total. The van der Waals surface area contributed by atoms with Gasteiger partial charge < -0.3 is 15.3 Å². The molecular formula is C17H21O3Ti-. The number of rotatable bonds is 0. The summed E-state index contributed by atoms with van der Waals surface area (Å²) < 4.78 is 0. The molecule has 0 saturated carbocycles. The zero-order valence-corrected chi connectivity index (χ0v) is 13.9. The Morgan fingerprint density at radius 3 is 2.00 bits per heavy atom. The Labute approximate surface area is 141 Å². The van der Waals surface area contributed by atoms with Gasteiger partial charge in [0.05, 0.1) is 0 Å². The van der Waals surface area contributed by atoms with Crippen LogP contribution in [0.15, 0.2) is 60.7 Å². The third-order valence-corrected chi connectivity index (χ3v) is 2.35. The molecule has 0 unspecified atom stereocenters. The molecule has 0 saturated heterocycles. The second kappa shape index (κ2) is 15.0. The first kappa shape index (κ1) is 21.9. The van der Waals surface area contributed by atoms with Crippen LogP contribution in [0.1, 0.15) is 6.42 Å². The Morgan fingerprint density at radius 1 is 0.905 bits per heavy atom. The Kier molecular flexibility index (Phi) is 15.7. The standard InChI is InChI=1S/C10H8O.C5H5.2CH4O.Ti/c11-10-7-3-5-8-4-1-2-6-9(8)10;1-2-4-5-3-1;2*1-2;/h1-7,11H;1-2,5H,3H2;2*2H,1H3;/q;-1;;;. The molecule has 0 aliphatic heterocycles. The third kappa shape index (κ3) is 8.48. The Morgan fingerprint density at radius 2 is 1.52 bits per heavy atom. The summed E-state index contributed by atoms with van der Waals surface area (Å²) in [5.41, 5.74) is 0. The van der Waals surface area contributed by atoms with E-state index in [2.05, 4.69) is 12.2 Å². The molecule has 21 heavy (non-hydrogen) atoms. The first-order valence-electron chi connectivity index (χ1n) is 6.17. The predicted octanol–water partition coefficient (Wildman–Crippen LogP) is 3.07. The Bertz CT molecular complexity index is 521. The van der Waals surface area contributed by atoms with Crippen LogP contribution in [0.5, 0.6) is 5.75 Å². The second-order valence-corrected chi connectivity index (χ2v) is 3.51. The fourth-order valence-corrected chi connectivity index (χ4v) is 1.55. The van der Waals surface area contributed by atoms with Crippen molar-refractivity contribution in [2.45, 2.75) is 6.42 Å². The van der Waals surface area contributed by atoms with E-state index in [1.807, 2.05) is 48.6 Å². The summed E-state index contributed by atoms with van der Waals surface area (Å²) in [6.07, 6.45) is 10.0. The smallest absolute Gasteiger partial charge is 0.123 e. The maximum Gasteiger partial charge on any atom is 0.123 e. The van der Waals surface area contributed by atoms with Crippen molar-refractivity contribution in [2.24, 2.45) is 0 Å². The fraction of sp³-hybridized carbons (Fsp3) is 0.176. The van der Waals surface area contributed by atoms with E-state index in [9.17, 15) is 5.11 Å². The topological polar surface area (TPSA) is 60.7 Å². The SMILES string of the molecule is CO.CO.Oc1cccc2ccccc12.[C-]1=CCC=C1.[Ti]. The maximum absolute atomic E-state index is 9.37. The maximum atomic E-state index is 9.37. The van der Waals surface area contributed by atoms with Crippen LogP contribution in [0.25, 0.3) is 10.8 Å². The molecule has 0 fully saturated rings. The largest absolute Gasteiger partial charge is 0.507 e. The van der Waals surface area contributed by atoms with E-state index in [4.69, 9.17) is 10.2 Å². The first-order chi connectivity index (χ1) is 9.88. The van der Waals surface area contributed by atoms with Crippen molar-refractivity contribution in [1.29, 1.82) is 0 Å². The minimum absolute atomic E-state index is 0. The summed E-state index contributed by atoms with van der Waals surface area (Å²) in [4.78, 5) is 0. The summed E-state index contributed by atoms with van der Waals surface area (Å²) in [6, 6.07) is 13.3. The minimum atomic E-state index is 0. The monoisotopic (exact) mass is 321 g/mol. The van der Waals surface area contributed by atoms with Crippen molar-refractivity contribution in [3.05, 3.63) is 66.8 Å².